The highest BCUT2D eigenvalue weighted by Crippen LogP contribution is 2.32. The molecule has 1 heterocycles. The zero-order valence-electron chi connectivity index (χ0n) is 10.0. The van der Waals surface area contributed by atoms with Gasteiger partial charge in [-0.05, 0) is 35.6 Å². The summed E-state index contributed by atoms with van der Waals surface area (Å²) in [6.45, 7) is 0. The monoisotopic (exact) mass is 266 g/mol. The predicted molar refractivity (Wildman–Crippen MR) is 71.0 cm³/mol. The van der Waals surface area contributed by atoms with E-state index >= 15 is 0 Å². The number of ether oxygens (including phenoxy) is 1. The first kappa shape index (κ1) is 13.0. The van der Waals surface area contributed by atoms with Crippen molar-refractivity contribution < 1.29 is 9.13 Å². The maximum absolute atomic E-state index is 12.8. The predicted octanol–water partition coefficient (Wildman–Crippen LogP) is 2.64. The summed E-state index contributed by atoms with van der Waals surface area (Å²) in [7, 11) is 1.64. The summed E-state index contributed by atoms with van der Waals surface area (Å²) in [5.41, 5.74) is 3.80. The molecule has 0 aliphatic rings. The van der Waals surface area contributed by atoms with Crippen LogP contribution in [0.3, 0.4) is 0 Å². The summed E-state index contributed by atoms with van der Waals surface area (Å²) in [6, 6.07) is 8.31. The number of nitrogens with two attached hydrogens (primary N) is 1. The zero-order valence-corrected chi connectivity index (χ0v) is 10.8. The van der Waals surface area contributed by atoms with Crippen LogP contribution in [-0.2, 0) is 6.42 Å². The van der Waals surface area contributed by atoms with Crippen molar-refractivity contribution in [1.82, 2.24) is 5.43 Å². The first-order valence-corrected chi connectivity index (χ1v) is 6.44. The summed E-state index contributed by atoms with van der Waals surface area (Å²) in [5, 5.41) is 1.96. The van der Waals surface area contributed by atoms with Gasteiger partial charge in [-0.3, -0.25) is 11.3 Å². The molecule has 2 aromatic rings. The molecule has 1 aromatic carbocycles. The molecule has 2 rings (SSSR count). The van der Waals surface area contributed by atoms with Gasteiger partial charge in [-0.25, -0.2) is 4.39 Å². The number of nitrogens with one attached hydrogen (secondary N) is 1. The Labute approximate surface area is 109 Å². The summed E-state index contributed by atoms with van der Waals surface area (Å²) in [5.74, 6) is 6.18. The SMILES string of the molecule is COc1ccsc1C(Cc1ccc(F)cc1)NN. The molecule has 1 unspecified atom stereocenters. The number of hydrogen-bond acceptors (Lipinski definition) is 4. The number of hydrazine groups is 1. The molecule has 3 N–H and O–H groups in total. The number of halogens is 1. The highest BCUT2D eigenvalue weighted by molar-refractivity contribution is 7.10. The van der Waals surface area contributed by atoms with Gasteiger partial charge in [0, 0.05) is 0 Å². The van der Waals surface area contributed by atoms with Crippen molar-refractivity contribution in [2.75, 3.05) is 7.11 Å². The third-order valence-corrected chi connectivity index (χ3v) is 3.76. The third-order valence-electron chi connectivity index (χ3n) is 2.75. The Morgan fingerprint density at radius 1 is 1.33 bits per heavy atom. The van der Waals surface area contributed by atoms with Crippen molar-refractivity contribution in [3.63, 3.8) is 0 Å². The maximum atomic E-state index is 12.8. The van der Waals surface area contributed by atoms with Gasteiger partial charge in [-0.1, -0.05) is 12.1 Å². The summed E-state index contributed by atoms with van der Waals surface area (Å²) in [4.78, 5) is 1.05. The van der Waals surface area contributed by atoms with Gasteiger partial charge >= 0.3 is 0 Å². The fourth-order valence-electron chi connectivity index (χ4n) is 1.82. The smallest absolute Gasteiger partial charge is 0.134 e. The van der Waals surface area contributed by atoms with Gasteiger partial charge in [0.05, 0.1) is 18.0 Å². The van der Waals surface area contributed by atoms with Gasteiger partial charge in [-0.2, -0.15) is 0 Å². The maximum Gasteiger partial charge on any atom is 0.134 e. The van der Waals surface area contributed by atoms with E-state index in [1.54, 1.807) is 30.6 Å². The van der Waals surface area contributed by atoms with E-state index in [2.05, 4.69) is 5.43 Å². The van der Waals surface area contributed by atoms with E-state index in [1.165, 1.54) is 12.1 Å². The van der Waals surface area contributed by atoms with Crippen molar-refractivity contribution in [3.05, 3.63) is 52.0 Å². The fraction of sp³-hybridized carbons (Fsp3) is 0.231. The Morgan fingerprint density at radius 3 is 2.67 bits per heavy atom. The van der Waals surface area contributed by atoms with E-state index in [1.807, 2.05) is 11.4 Å². The molecule has 0 aliphatic carbocycles. The first-order valence-electron chi connectivity index (χ1n) is 5.56. The van der Waals surface area contributed by atoms with Gasteiger partial charge in [0.15, 0.2) is 0 Å². The van der Waals surface area contributed by atoms with Gasteiger partial charge in [0.2, 0.25) is 0 Å². The number of benzene rings is 1. The van der Waals surface area contributed by atoms with Crippen LogP contribution in [0.1, 0.15) is 16.5 Å². The van der Waals surface area contributed by atoms with Crippen LogP contribution in [-0.4, -0.2) is 7.11 Å². The van der Waals surface area contributed by atoms with Crippen LogP contribution in [0.25, 0.3) is 0 Å². The Morgan fingerprint density at radius 2 is 2.06 bits per heavy atom. The molecule has 5 heteroatoms. The van der Waals surface area contributed by atoms with Crippen LogP contribution in [0, 0.1) is 5.82 Å². The number of thiophene rings is 1. The summed E-state index contributed by atoms with van der Waals surface area (Å²) < 4.78 is 18.1. The average Bonchev–Trinajstić information content (AvgIpc) is 2.86. The second-order valence-corrected chi connectivity index (χ2v) is 4.85. The van der Waals surface area contributed by atoms with Gasteiger partial charge in [-0.15, -0.1) is 11.3 Å². The molecule has 0 radical (unpaired) electrons. The van der Waals surface area contributed by atoms with Crippen LogP contribution in [0.5, 0.6) is 5.75 Å². The number of hydrogen-bond donors (Lipinski definition) is 2. The van der Waals surface area contributed by atoms with E-state index in [-0.39, 0.29) is 11.9 Å². The van der Waals surface area contributed by atoms with E-state index < -0.39 is 0 Å². The minimum Gasteiger partial charge on any atom is -0.496 e. The topological polar surface area (TPSA) is 47.3 Å². The molecule has 0 aliphatic heterocycles. The highest BCUT2D eigenvalue weighted by Gasteiger charge is 2.16. The Kier molecular flexibility index (Phi) is 4.30. The van der Waals surface area contributed by atoms with Crippen LogP contribution in [0.15, 0.2) is 35.7 Å². The fourth-order valence-corrected chi connectivity index (χ4v) is 2.74. The molecular formula is C13H15FN2OS. The van der Waals surface area contributed by atoms with E-state index in [9.17, 15) is 4.39 Å². The molecule has 0 bridgehead atoms. The second-order valence-electron chi connectivity index (χ2n) is 3.90. The van der Waals surface area contributed by atoms with Crippen molar-refractivity contribution in [3.8, 4) is 5.75 Å². The Hall–Kier alpha value is -1.43. The van der Waals surface area contributed by atoms with Crippen LogP contribution in [0.4, 0.5) is 4.39 Å². The van der Waals surface area contributed by atoms with E-state index in [0.29, 0.717) is 6.42 Å². The normalized spacial score (nSPS) is 12.4. The van der Waals surface area contributed by atoms with E-state index in [0.717, 1.165) is 16.2 Å². The molecule has 0 amide bonds. The molecule has 96 valence electrons. The van der Waals surface area contributed by atoms with Gasteiger partial charge in [0.25, 0.3) is 0 Å². The lowest BCUT2D eigenvalue weighted by Crippen LogP contribution is -2.29. The van der Waals surface area contributed by atoms with Crippen LogP contribution >= 0.6 is 11.3 Å². The molecule has 3 nitrogen and oxygen atoms in total. The quantitative estimate of drug-likeness (QED) is 0.646. The third kappa shape index (κ3) is 2.87. The summed E-state index contributed by atoms with van der Waals surface area (Å²) >= 11 is 1.59. The van der Waals surface area contributed by atoms with Gasteiger partial charge < -0.3 is 4.74 Å². The van der Waals surface area contributed by atoms with Crippen molar-refractivity contribution in [1.29, 1.82) is 0 Å². The molecule has 18 heavy (non-hydrogen) atoms. The van der Waals surface area contributed by atoms with Crippen molar-refractivity contribution >= 4 is 11.3 Å². The molecule has 1 aromatic heterocycles. The number of methoxy groups -OCH3 is 1. The number of rotatable bonds is 5. The minimum absolute atomic E-state index is 0.0367. The molecule has 0 saturated heterocycles. The van der Waals surface area contributed by atoms with E-state index in [4.69, 9.17) is 10.6 Å². The molecule has 0 saturated carbocycles. The lowest BCUT2D eigenvalue weighted by atomic mass is 10.0. The lowest BCUT2D eigenvalue weighted by Gasteiger charge is -2.16. The van der Waals surface area contributed by atoms with Crippen LogP contribution in [0.2, 0.25) is 0 Å². The largest absolute Gasteiger partial charge is 0.496 e. The van der Waals surface area contributed by atoms with Crippen LogP contribution < -0.4 is 16.0 Å². The molecule has 1 atom stereocenters. The Balaban J connectivity index is 2.17. The molecule has 0 fully saturated rings. The van der Waals surface area contributed by atoms with Crippen molar-refractivity contribution in [2.24, 2.45) is 5.84 Å². The summed E-state index contributed by atoms with van der Waals surface area (Å²) in [6.07, 6.45) is 0.688. The average molecular weight is 266 g/mol. The first-order chi connectivity index (χ1) is 8.74. The van der Waals surface area contributed by atoms with Crippen molar-refractivity contribution in [2.45, 2.75) is 12.5 Å². The van der Waals surface area contributed by atoms with Gasteiger partial charge in [0.1, 0.15) is 11.6 Å². The zero-order chi connectivity index (χ0) is 13.0. The molecular weight excluding hydrogens is 251 g/mol. The highest BCUT2D eigenvalue weighted by atomic mass is 32.1. The second kappa shape index (κ2) is 5.95. The standard InChI is InChI=1S/C13H15FN2OS/c1-17-12-6-7-18-13(12)11(16-15)8-9-2-4-10(14)5-3-9/h2-7,11,16H,8,15H2,1H3. The Bertz CT molecular complexity index is 498. The lowest BCUT2D eigenvalue weighted by molar-refractivity contribution is 0.403. The molecule has 0 spiro atoms. The minimum atomic E-state index is -0.232.